The van der Waals surface area contributed by atoms with Gasteiger partial charge in [0.15, 0.2) is 5.13 Å². The highest BCUT2D eigenvalue weighted by Gasteiger charge is 2.32. The van der Waals surface area contributed by atoms with E-state index in [0.29, 0.717) is 26.2 Å². The molecule has 0 N–H and O–H groups in total. The van der Waals surface area contributed by atoms with E-state index >= 15 is 0 Å². The fourth-order valence-electron chi connectivity index (χ4n) is 4.21. The van der Waals surface area contributed by atoms with Gasteiger partial charge in [-0.2, -0.15) is 0 Å². The van der Waals surface area contributed by atoms with E-state index in [0.717, 1.165) is 37.2 Å². The highest BCUT2D eigenvalue weighted by molar-refractivity contribution is 7.22. The Hall–Kier alpha value is -3.17. The van der Waals surface area contributed by atoms with Gasteiger partial charge < -0.3 is 19.3 Å². The van der Waals surface area contributed by atoms with Crippen molar-refractivity contribution in [2.24, 2.45) is 0 Å². The molecule has 0 unspecified atom stereocenters. The van der Waals surface area contributed by atoms with Gasteiger partial charge in [-0.05, 0) is 45.4 Å². The topological polar surface area (TPSA) is 67.8 Å². The number of thiazole rings is 2. The largest absolute Gasteiger partial charge is 0.487 e. The SMILES string of the molecule is C[C@@H]1CN(c2nc3c(-c4nccs4)ccc(OCc4ccccc4)c3s2)CCN1C(=O)OC(C)(C)C. The summed E-state index contributed by atoms with van der Waals surface area (Å²) in [6.07, 6.45) is 1.55. The van der Waals surface area contributed by atoms with E-state index in [1.165, 1.54) is 0 Å². The molecule has 1 aliphatic rings. The third kappa shape index (κ3) is 5.32. The molecular weight excluding hydrogens is 492 g/mol. The molecule has 36 heavy (non-hydrogen) atoms. The maximum absolute atomic E-state index is 12.7. The molecular formula is C27H30N4O3S2. The maximum atomic E-state index is 12.7. The molecule has 0 spiro atoms. The van der Waals surface area contributed by atoms with Crippen molar-refractivity contribution in [3.8, 4) is 16.3 Å². The predicted molar refractivity (Wildman–Crippen MR) is 146 cm³/mol. The Morgan fingerprint density at radius 2 is 1.94 bits per heavy atom. The molecule has 4 aromatic rings. The lowest BCUT2D eigenvalue weighted by atomic mass is 10.2. The molecule has 1 amide bonds. The van der Waals surface area contributed by atoms with Crippen LogP contribution < -0.4 is 9.64 Å². The molecule has 188 valence electrons. The first-order valence-electron chi connectivity index (χ1n) is 12.0. The second-order valence-electron chi connectivity index (χ2n) is 9.87. The molecule has 9 heteroatoms. The van der Waals surface area contributed by atoms with Crippen LogP contribution in [0.1, 0.15) is 33.3 Å². The zero-order valence-corrected chi connectivity index (χ0v) is 22.6. The summed E-state index contributed by atoms with van der Waals surface area (Å²) in [6.45, 7) is 10.2. The van der Waals surface area contributed by atoms with Gasteiger partial charge in [-0.15, -0.1) is 11.3 Å². The number of fused-ring (bicyclic) bond motifs is 1. The van der Waals surface area contributed by atoms with Gasteiger partial charge in [0.05, 0.1) is 10.2 Å². The number of aromatic nitrogens is 2. The van der Waals surface area contributed by atoms with Crippen LogP contribution in [0, 0.1) is 0 Å². The van der Waals surface area contributed by atoms with Gasteiger partial charge in [0.25, 0.3) is 0 Å². The highest BCUT2D eigenvalue weighted by atomic mass is 32.1. The Labute approximate surface area is 219 Å². The van der Waals surface area contributed by atoms with Crippen molar-refractivity contribution in [2.75, 3.05) is 24.5 Å². The number of benzene rings is 2. The van der Waals surface area contributed by atoms with Crippen LogP contribution in [-0.2, 0) is 11.3 Å². The van der Waals surface area contributed by atoms with Crippen LogP contribution in [0.5, 0.6) is 5.75 Å². The normalized spacial score (nSPS) is 16.4. The van der Waals surface area contributed by atoms with Crippen LogP contribution in [-0.4, -0.2) is 52.2 Å². The van der Waals surface area contributed by atoms with Crippen molar-refractivity contribution >= 4 is 44.1 Å². The monoisotopic (exact) mass is 522 g/mol. The number of amides is 1. The third-order valence-electron chi connectivity index (χ3n) is 5.92. The molecule has 0 aliphatic carbocycles. The van der Waals surface area contributed by atoms with E-state index in [2.05, 4.69) is 28.9 Å². The van der Waals surface area contributed by atoms with Gasteiger partial charge in [0.1, 0.15) is 23.0 Å². The Morgan fingerprint density at radius 3 is 2.64 bits per heavy atom. The van der Waals surface area contributed by atoms with Crippen molar-refractivity contribution in [2.45, 2.75) is 45.9 Å². The number of hydrogen-bond donors (Lipinski definition) is 0. The molecule has 0 bridgehead atoms. The number of hydrogen-bond acceptors (Lipinski definition) is 8. The minimum absolute atomic E-state index is 0.00727. The van der Waals surface area contributed by atoms with E-state index in [9.17, 15) is 4.79 Å². The maximum Gasteiger partial charge on any atom is 0.410 e. The van der Waals surface area contributed by atoms with Crippen LogP contribution in [0.25, 0.3) is 20.8 Å². The van der Waals surface area contributed by atoms with Gasteiger partial charge >= 0.3 is 6.09 Å². The molecule has 1 fully saturated rings. The molecule has 2 aromatic carbocycles. The van der Waals surface area contributed by atoms with Crippen molar-refractivity contribution in [3.05, 3.63) is 59.6 Å². The fraction of sp³-hybridized carbons (Fsp3) is 0.370. The molecule has 1 aliphatic heterocycles. The lowest BCUT2D eigenvalue weighted by Gasteiger charge is -2.40. The van der Waals surface area contributed by atoms with E-state index in [-0.39, 0.29) is 12.1 Å². The Kier molecular flexibility index (Phi) is 6.85. The summed E-state index contributed by atoms with van der Waals surface area (Å²) in [5.41, 5.74) is 2.52. The average Bonchev–Trinajstić information content (AvgIpc) is 3.53. The first-order chi connectivity index (χ1) is 17.3. The minimum atomic E-state index is -0.511. The van der Waals surface area contributed by atoms with E-state index < -0.39 is 5.60 Å². The zero-order valence-electron chi connectivity index (χ0n) is 20.9. The second kappa shape index (κ2) is 10.1. The predicted octanol–water partition coefficient (Wildman–Crippen LogP) is 6.44. The number of rotatable bonds is 5. The van der Waals surface area contributed by atoms with E-state index in [1.807, 2.05) is 67.6 Å². The number of nitrogens with zero attached hydrogens (tertiary/aromatic N) is 4. The van der Waals surface area contributed by atoms with Crippen molar-refractivity contribution in [1.82, 2.24) is 14.9 Å². The Bertz CT molecular complexity index is 1330. The first-order valence-corrected chi connectivity index (χ1v) is 13.7. The lowest BCUT2D eigenvalue weighted by molar-refractivity contribution is 0.0159. The lowest BCUT2D eigenvalue weighted by Crippen LogP contribution is -2.55. The molecule has 0 radical (unpaired) electrons. The molecule has 7 nitrogen and oxygen atoms in total. The summed E-state index contributed by atoms with van der Waals surface area (Å²) in [4.78, 5) is 26.3. The summed E-state index contributed by atoms with van der Waals surface area (Å²) in [7, 11) is 0. The van der Waals surface area contributed by atoms with Crippen molar-refractivity contribution in [1.29, 1.82) is 0 Å². The molecule has 2 aromatic heterocycles. The molecule has 0 saturated carbocycles. The molecule has 1 saturated heterocycles. The number of piperazine rings is 1. The van der Waals surface area contributed by atoms with Crippen molar-refractivity contribution < 1.29 is 14.3 Å². The fourth-order valence-corrected chi connectivity index (χ4v) is 5.97. The minimum Gasteiger partial charge on any atom is -0.487 e. The van der Waals surface area contributed by atoms with Crippen LogP contribution in [0.15, 0.2) is 54.0 Å². The van der Waals surface area contributed by atoms with Gasteiger partial charge in [-0.1, -0.05) is 41.7 Å². The summed E-state index contributed by atoms with van der Waals surface area (Å²) < 4.78 is 12.9. The Balaban J connectivity index is 1.42. The summed E-state index contributed by atoms with van der Waals surface area (Å²) >= 11 is 3.23. The van der Waals surface area contributed by atoms with Crippen LogP contribution in [0.2, 0.25) is 0 Å². The van der Waals surface area contributed by atoms with E-state index in [4.69, 9.17) is 14.5 Å². The van der Waals surface area contributed by atoms with Crippen LogP contribution in [0.4, 0.5) is 9.93 Å². The standard InChI is InChI=1S/C27H30N4O3S2/c1-18-16-30(13-14-31(18)26(32)34-27(2,3)4)25-29-22-20(24-28-12-15-35-24)10-11-21(23(22)36-25)33-17-19-8-6-5-7-9-19/h5-12,15,18H,13-14,16-17H2,1-4H3/t18-/m1/s1. The van der Waals surface area contributed by atoms with Crippen LogP contribution >= 0.6 is 22.7 Å². The molecule has 5 rings (SSSR count). The number of carbonyl (C=O) groups is 1. The number of ether oxygens (including phenoxy) is 2. The van der Waals surface area contributed by atoms with Crippen LogP contribution in [0.3, 0.4) is 0 Å². The first kappa shape index (κ1) is 24.5. The Morgan fingerprint density at radius 1 is 1.14 bits per heavy atom. The summed E-state index contributed by atoms with van der Waals surface area (Å²) in [6, 6.07) is 14.2. The molecule has 1 atom stereocenters. The van der Waals surface area contributed by atoms with Gasteiger partial charge in [0.2, 0.25) is 0 Å². The average molecular weight is 523 g/mol. The van der Waals surface area contributed by atoms with Gasteiger partial charge in [-0.25, -0.2) is 14.8 Å². The third-order valence-corrected chi connectivity index (χ3v) is 7.86. The van der Waals surface area contributed by atoms with Gasteiger partial charge in [-0.3, -0.25) is 0 Å². The quantitative estimate of drug-likeness (QED) is 0.300. The van der Waals surface area contributed by atoms with E-state index in [1.54, 1.807) is 22.7 Å². The second-order valence-corrected chi connectivity index (χ2v) is 11.7. The smallest absolute Gasteiger partial charge is 0.410 e. The highest BCUT2D eigenvalue weighted by Crippen LogP contribution is 2.42. The number of anilines is 1. The zero-order chi connectivity index (χ0) is 25.3. The van der Waals surface area contributed by atoms with Crippen molar-refractivity contribution in [3.63, 3.8) is 0 Å². The van der Waals surface area contributed by atoms with Gasteiger partial charge in [0, 0.05) is 42.8 Å². The number of carbonyl (C=O) groups excluding carboxylic acids is 1. The summed E-state index contributed by atoms with van der Waals surface area (Å²) in [5, 5.41) is 3.84. The molecule has 3 heterocycles. The summed E-state index contributed by atoms with van der Waals surface area (Å²) in [5.74, 6) is 0.818.